The van der Waals surface area contributed by atoms with Gasteiger partial charge in [-0.25, -0.2) is 14.4 Å². The van der Waals surface area contributed by atoms with Gasteiger partial charge in [0, 0.05) is 6.20 Å². The van der Waals surface area contributed by atoms with Gasteiger partial charge < -0.3 is 20.3 Å². The summed E-state index contributed by atoms with van der Waals surface area (Å²) in [7, 11) is 1.14. The Kier molecular flexibility index (Phi) is 4.90. The van der Waals surface area contributed by atoms with Crippen LogP contribution >= 0.6 is 22.9 Å². The van der Waals surface area contributed by atoms with Crippen LogP contribution < -0.4 is 10.5 Å². The minimum absolute atomic E-state index is 0.0763. The Labute approximate surface area is 116 Å². The fourth-order valence-corrected chi connectivity index (χ4v) is 2.08. The third-order valence-electron chi connectivity index (χ3n) is 1.88. The second kappa shape index (κ2) is 6.21. The monoisotopic (exact) mass is 305 g/mol. The van der Waals surface area contributed by atoms with Gasteiger partial charge in [0.2, 0.25) is 5.06 Å². The van der Waals surface area contributed by atoms with E-state index in [9.17, 15) is 14.4 Å². The number of hydrogen-bond acceptors (Lipinski definition) is 7. The molecular weight excluding hydrogens is 298 g/mol. The lowest BCUT2D eigenvalue weighted by Gasteiger charge is -2.03. The number of halogens is 1. The maximum Gasteiger partial charge on any atom is 0.353 e. The quantitative estimate of drug-likeness (QED) is 0.369. The number of carbonyl (C=O) groups is 3. The maximum atomic E-state index is 11.5. The molecule has 0 spiro atoms. The molecule has 7 nitrogen and oxygen atoms in total. The van der Waals surface area contributed by atoms with Gasteiger partial charge in [0.05, 0.1) is 11.4 Å². The number of esters is 2. The third-order valence-corrected chi connectivity index (χ3v) is 3.02. The van der Waals surface area contributed by atoms with E-state index < -0.39 is 23.5 Å². The molecule has 1 heterocycles. The summed E-state index contributed by atoms with van der Waals surface area (Å²) >= 11 is 6.48. The number of hydrogen-bond donors (Lipinski definition) is 2. The Morgan fingerprint density at radius 2 is 2.11 bits per heavy atom. The minimum atomic E-state index is -1.55. The molecule has 0 atom stereocenters. The van der Waals surface area contributed by atoms with Crippen molar-refractivity contribution in [1.29, 1.82) is 0 Å². The lowest BCUT2D eigenvalue weighted by Crippen LogP contribution is -2.19. The van der Waals surface area contributed by atoms with Gasteiger partial charge >= 0.3 is 17.9 Å². The normalized spacial score (nSPS) is 10.9. The Hall–Kier alpha value is -2.06. The minimum Gasteiger partial charge on any atom is -0.477 e. The van der Waals surface area contributed by atoms with E-state index in [-0.39, 0.29) is 15.0 Å². The topological polar surface area (TPSA) is 116 Å². The molecule has 0 fully saturated rings. The van der Waals surface area contributed by atoms with Crippen LogP contribution in [0.15, 0.2) is 17.8 Å². The van der Waals surface area contributed by atoms with Crippen molar-refractivity contribution in [3.05, 3.63) is 27.7 Å². The van der Waals surface area contributed by atoms with Gasteiger partial charge in [0.25, 0.3) is 0 Å². The predicted octanol–water partition coefficient (Wildman–Crippen LogP) is 1.02. The van der Waals surface area contributed by atoms with Crippen LogP contribution in [-0.4, -0.2) is 30.1 Å². The van der Waals surface area contributed by atoms with Crippen molar-refractivity contribution < 1.29 is 29.0 Å². The average Bonchev–Trinajstić information content (AvgIpc) is 2.69. The van der Waals surface area contributed by atoms with Crippen molar-refractivity contribution in [3.63, 3.8) is 0 Å². The van der Waals surface area contributed by atoms with Crippen LogP contribution in [0, 0.1) is 0 Å². The zero-order valence-corrected chi connectivity index (χ0v) is 11.1. The number of methoxy groups -OCH3 is 1. The molecule has 102 valence electrons. The lowest BCUT2D eigenvalue weighted by atomic mass is 10.3. The molecule has 0 radical (unpaired) electrons. The molecular formula is C10H8ClNO6S. The fourth-order valence-electron chi connectivity index (χ4n) is 1.04. The highest BCUT2D eigenvalue weighted by Gasteiger charge is 2.24. The molecule has 0 aliphatic rings. The Morgan fingerprint density at radius 1 is 1.47 bits per heavy atom. The van der Waals surface area contributed by atoms with Crippen LogP contribution in [0.3, 0.4) is 0 Å². The summed E-state index contributed by atoms with van der Waals surface area (Å²) in [4.78, 5) is 33.6. The molecule has 0 aliphatic carbocycles. The first-order chi connectivity index (χ1) is 8.90. The fraction of sp³-hybridized carbons (Fsp3) is 0.100. The van der Waals surface area contributed by atoms with E-state index in [0.717, 1.165) is 18.4 Å². The van der Waals surface area contributed by atoms with Crippen molar-refractivity contribution in [3.8, 4) is 5.06 Å². The first kappa shape index (κ1) is 15.0. The van der Waals surface area contributed by atoms with Gasteiger partial charge in [0.15, 0.2) is 5.57 Å². The molecule has 1 rings (SSSR count). The molecule has 0 saturated carbocycles. The van der Waals surface area contributed by atoms with E-state index >= 15 is 0 Å². The van der Waals surface area contributed by atoms with Crippen molar-refractivity contribution in [2.24, 2.45) is 5.73 Å². The standard InChI is InChI=1S/C10H8ClNO6S/c1-17-8(15)4-2-6(11)19-10(4)18-9(16)5(3-12)7(13)14/h2-3H,12H2,1H3,(H,13,14). The number of carboxylic acid groups (broad SMARTS) is 1. The smallest absolute Gasteiger partial charge is 0.353 e. The number of carboxylic acids is 1. The second-order valence-corrected chi connectivity index (χ2v) is 4.66. The van der Waals surface area contributed by atoms with Crippen molar-refractivity contribution in [1.82, 2.24) is 0 Å². The lowest BCUT2D eigenvalue weighted by molar-refractivity contribution is -0.138. The molecule has 0 aromatic carbocycles. The first-order valence-electron chi connectivity index (χ1n) is 4.65. The molecule has 9 heteroatoms. The average molecular weight is 306 g/mol. The molecule has 1 aromatic rings. The highest BCUT2D eigenvalue weighted by molar-refractivity contribution is 7.18. The van der Waals surface area contributed by atoms with E-state index in [1.54, 1.807) is 0 Å². The Morgan fingerprint density at radius 3 is 2.58 bits per heavy atom. The zero-order valence-electron chi connectivity index (χ0n) is 9.51. The summed E-state index contributed by atoms with van der Waals surface area (Å²) in [5, 5.41) is 8.52. The molecule has 0 unspecified atom stereocenters. The van der Waals surface area contributed by atoms with E-state index in [4.69, 9.17) is 27.2 Å². The molecule has 3 N–H and O–H groups in total. The van der Waals surface area contributed by atoms with E-state index in [0.29, 0.717) is 6.20 Å². The highest BCUT2D eigenvalue weighted by atomic mass is 35.5. The number of ether oxygens (including phenoxy) is 2. The summed E-state index contributed by atoms with van der Waals surface area (Å²) in [6.45, 7) is 0. The molecule has 1 aromatic heterocycles. The molecule has 0 saturated heterocycles. The van der Waals surface area contributed by atoms with E-state index in [2.05, 4.69) is 4.74 Å². The summed E-state index contributed by atoms with van der Waals surface area (Å²) in [6, 6.07) is 1.24. The van der Waals surface area contributed by atoms with Crippen molar-refractivity contribution in [2.75, 3.05) is 7.11 Å². The van der Waals surface area contributed by atoms with Crippen LogP contribution in [-0.2, 0) is 14.3 Å². The van der Waals surface area contributed by atoms with Gasteiger partial charge in [-0.1, -0.05) is 22.9 Å². The molecule has 0 aliphatic heterocycles. The number of nitrogens with two attached hydrogens (primary N) is 1. The Balaban J connectivity index is 3.03. The predicted molar refractivity (Wildman–Crippen MR) is 66.2 cm³/mol. The van der Waals surface area contributed by atoms with Gasteiger partial charge in [0.1, 0.15) is 5.56 Å². The highest BCUT2D eigenvalue weighted by Crippen LogP contribution is 2.34. The first-order valence-corrected chi connectivity index (χ1v) is 5.85. The van der Waals surface area contributed by atoms with Gasteiger partial charge in [-0.2, -0.15) is 0 Å². The zero-order chi connectivity index (χ0) is 14.6. The number of carbonyl (C=O) groups excluding carboxylic acids is 2. The van der Waals surface area contributed by atoms with Crippen LogP contribution in [0.1, 0.15) is 10.4 Å². The van der Waals surface area contributed by atoms with Gasteiger partial charge in [-0.3, -0.25) is 0 Å². The number of rotatable bonds is 4. The van der Waals surface area contributed by atoms with Crippen LogP contribution in [0.2, 0.25) is 4.34 Å². The number of thiophene rings is 1. The van der Waals surface area contributed by atoms with Crippen LogP contribution in [0.25, 0.3) is 0 Å². The van der Waals surface area contributed by atoms with Crippen molar-refractivity contribution >= 4 is 40.8 Å². The Bertz CT molecular complexity index is 564. The summed E-state index contributed by atoms with van der Waals surface area (Å²) in [6.07, 6.45) is 0.595. The molecule has 19 heavy (non-hydrogen) atoms. The SMILES string of the molecule is COC(=O)c1cc(Cl)sc1OC(=O)C(=CN)C(=O)O. The number of aliphatic carboxylic acids is 1. The molecule has 0 amide bonds. The summed E-state index contributed by atoms with van der Waals surface area (Å²) < 4.78 is 9.41. The second-order valence-electron chi connectivity index (χ2n) is 3.02. The summed E-state index contributed by atoms with van der Waals surface area (Å²) in [5.41, 5.74) is 4.16. The molecule has 0 bridgehead atoms. The van der Waals surface area contributed by atoms with Crippen LogP contribution in [0.4, 0.5) is 0 Å². The largest absolute Gasteiger partial charge is 0.477 e. The maximum absolute atomic E-state index is 11.5. The van der Waals surface area contributed by atoms with Crippen molar-refractivity contribution in [2.45, 2.75) is 0 Å². The van der Waals surface area contributed by atoms with E-state index in [1.807, 2.05) is 0 Å². The van der Waals surface area contributed by atoms with Gasteiger partial charge in [-0.05, 0) is 6.07 Å². The third kappa shape index (κ3) is 3.46. The van der Waals surface area contributed by atoms with E-state index in [1.165, 1.54) is 6.07 Å². The van der Waals surface area contributed by atoms with Crippen LogP contribution in [0.5, 0.6) is 5.06 Å². The summed E-state index contributed by atoms with van der Waals surface area (Å²) in [5.74, 6) is -3.52. The van der Waals surface area contributed by atoms with Gasteiger partial charge in [-0.15, -0.1) is 0 Å².